The molecule has 0 unspecified atom stereocenters. The van der Waals surface area contributed by atoms with Crippen molar-refractivity contribution in [1.82, 2.24) is 5.16 Å². The molecular formula is C8H11ClN2O2. The van der Waals surface area contributed by atoms with Crippen molar-refractivity contribution < 1.29 is 9.26 Å². The van der Waals surface area contributed by atoms with Gasteiger partial charge in [-0.2, -0.15) is 0 Å². The molecule has 0 radical (unpaired) electrons. The highest BCUT2D eigenvalue weighted by Gasteiger charge is 2.23. The van der Waals surface area contributed by atoms with Crippen molar-refractivity contribution in [3.8, 4) is 0 Å². The van der Waals surface area contributed by atoms with E-state index in [-0.39, 0.29) is 5.15 Å². The minimum atomic E-state index is 0.265. The standard InChI is InChI=1S/C8H11ClN2O2/c9-8-6(10)7(13-11-8)5-1-3-12-4-2-5/h5H,1-4,10H2. The number of halogens is 1. The van der Waals surface area contributed by atoms with Crippen LogP contribution in [0.4, 0.5) is 5.69 Å². The highest BCUT2D eigenvalue weighted by Crippen LogP contribution is 2.34. The minimum absolute atomic E-state index is 0.265. The largest absolute Gasteiger partial charge is 0.393 e. The summed E-state index contributed by atoms with van der Waals surface area (Å²) < 4.78 is 10.3. The van der Waals surface area contributed by atoms with Crippen molar-refractivity contribution >= 4 is 17.3 Å². The van der Waals surface area contributed by atoms with Gasteiger partial charge in [-0.15, -0.1) is 0 Å². The van der Waals surface area contributed by atoms with Crippen molar-refractivity contribution in [3.63, 3.8) is 0 Å². The van der Waals surface area contributed by atoms with Gasteiger partial charge in [0.25, 0.3) is 0 Å². The van der Waals surface area contributed by atoms with E-state index in [0.29, 0.717) is 17.4 Å². The normalized spacial score (nSPS) is 19.2. The predicted octanol–water partition coefficient (Wildman–Crippen LogP) is 1.80. The second kappa shape index (κ2) is 3.55. The average Bonchev–Trinajstić information content (AvgIpc) is 2.49. The molecule has 0 amide bonds. The number of ether oxygens (including phenoxy) is 1. The zero-order chi connectivity index (χ0) is 9.26. The summed E-state index contributed by atoms with van der Waals surface area (Å²) in [6.45, 7) is 1.50. The molecule has 1 aliphatic heterocycles. The Morgan fingerprint density at radius 3 is 2.62 bits per heavy atom. The van der Waals surface area contributed by atoms with Crippen LogP contribution in [0.5, 0.6) is 0 Å². The van der Waals surface area contributed by atoms with Crippen LogP contribution in [0.15, 0.2) is 4.52 Å². The Morgan fingerprint density at radius 2 is 2.08 bits per heavy atom. The molecule has 0 atom stereocenters. The molecule has 1 aromatic heterocycles. The number of nitrogens with zero attached hydrogens (tertiary/aromatic N) is 1. The van der Waals surface area contributed by atoms with Crippen molar-refractivity contribution in [1.29, 1.82) is 0 Å². The summed E-state index contributed by atoms with van der Waals surface area (Å²) in [4.78, 5) is 0. The van der Waals surface area contributed by atoms with Gasteiger partial charge in [0.1, 0.15) is 5.69 Å². The molecule has 1 saturated heterocycles. The van der Waals surface area contributed by atoms with Gasteiger partial charge in [-0.05, 0) is 12.8 Å². The van der Waals surface area contributed by atoms with Crippen molar-refractivity contribution in [2.75, 3.05) is 18.9 Å². The number of rotatable bonds is 1. The van der Waals surface area contributed by atoms with Gasteiger partial charge in [0.15, 0.2) is 10.9 Å². The Bertz CT molecular complexity index is 294. The Balaban J connectivity index is 2.18. The summed E-state index contributed by atoms with van der Waals surface area (Å²) >= 11 is 5.69. The highest BCUT2D eigenvalue weighted by molar-refractivity contribution is 6.31. The molecule has 72 valence electrons. The Hall–Kier alpha value is -0.740. The predicted molar refractivity (Wildman–Crippen MR) is 48.7 cm³/mol. The molecule has 0 aromatic carbocycles. The summed E-state index contributed by atoms with van der Waals surface area (Å²) in [6.07, 6.45) is 1.85. The topological polar surface area (TPSA) is 61.3 Å². The van der Waals surface area contributed by atoms with E-state index in [0.717, 1.165) is 26.1 Å². The van der Waals surface area contributed by atoms with Crippen LogP contribution in [0.3, 0.4) is 0 Å². The Morgan fingerprint density at radius 1 is 1.38 bits per heavy atom. The fraction of sp³-hybridized carbons (Fsp3) is 0.625. The van der Waals surface area contributed by atoms with Gasteiger partial charge in [-0.25, -0.2) is 0 Å². The summed E-state index contributed by atoms with van der Waals surface area (Å²) in [6, 6.07) is 0. The van der Waals surface area contributed by atoms with Crippen molar-refractivity contribution in [3.05, 3.63) is 10.9 Å². The average molecular weight is 203 g/mol. The second-order valence-electron chi connectivity index (χ2n) is 3.14. The summed E-state index contributed by atoms with van der Waals surface area (Å²) in [5.41, 5.74) is 6.18. The first kappa shape index (κ1) is 8.84. The van der Waals surface area contributed by atoms with Gasteiger partial charge in [0, 0.05) is 19.1 Å². The molecule has 2 N–H and O–H groups in total. The van der Waals surface area contributed by atoms with E-state index < -0.39 is 0 Å². The quantitative estimate of drug-likeness (QED) is 0.755. The zero-order valence-corrected chi connectivity index (χ0v) is 7.88. The molecule has 0 bridgehead atoms. The fourth-order valence-corrected chi connectivity index (χ4v) is 1.67. The Kier molecular flexibility index (Phi) is 2.42. The molecular weight excluding hydrogens is 192 g/mol. The zero-order valence-electron chi connectivity index (χ0n) is 7.12. The lowest BCUT2D eigenvalue weighted by atomic mass is 9.97. The lowest BCUT2D eigenvalue weighted by Crippen LogP contribution is -2.14. The maximum Gasteiger partial charge on any atom is 0.195 e. The molecule has 1 aromatic rings. The molecule has 0 aliphatic carbocycles. The minimum Gasteiger partial charge on any atom is -0.393 e. The maximum atomic E-state index is 5.70. The van der Waals surface area contributed by atoms with Gasteiger partial charge in [-0.1, -0.05) is 16.8 Å². The van der Waals surface area contributed by atoms with E-state index in [1.807, 2.05) is 0 Å². The number of aromatic nitrogens is 1. The lowest BCUT2D eigenvalue weighted by Gasteiger charge is -2.19. The van der Waals surface area contributed by atoms with E-state index in [1.165, 1.54) is 0 Å². The molecule has 0 saturated carbocycles. The number of anilines is 1. The lowest BCUT2D eigenvalue weighted by molar-refractivity contribution is 0.0793. The third-order valence-corrected chi connectivity index (χ3v) is 2.58. The smallest absolute Gasteiger partial charge is 0.195 e. The third-order valence-electron chi connectivity index (χ3n) is 2.30. The van der Waals surface area contributed by atoms with E-state index >= 15 is 0 Å². The van der Waals surface area contributed by atoms with E-state index in [2.05, 4.69) is 5.16 Å². The Labute approximate surface area is 81.0 Å². The molecule has 1 aliphatic rings. The first-order valence-electron chi connectivity index (χ1n) is 4.27. The van der Waals surface area contributed by atoms with Crippen molar-refractivity contribution in [2.45, 2.75) is 18.8 Å². The van der Waals surface area contributed by atoms with Crippen molar-refractivity contribution in [2.24, 2.45) is 0 Å². The molecule has 13 heavy (non-hydrogen) atoms. The summed E-state index contributed by atoms with van der Waals surface area (Å²) in [7, 11) is 0. The third kappa shape index (κ3) is 1.64. The molecule has 2 rings (SSSR count). The highest BCUT2D eigenvalue weighted by atomic mass is 35.5. The van der Waals surface area contributed by atoms with Gasteiger partial charge in [-0.3, -0.25) is 0 Å². The van der Waals surface area contributed by atoms with Crippen LogP contribution in [0.25, 0.3) is 0 Å². The second-order valence-corrected chi connectivity index (χ2v) is 3.50. The molecule has 5 heteroatoms. The number of hydrogen-bond donors (Lipinski definition) is 1. The summed E-state index contributed by atoms with van der Waals surface area (Å²) in [5.74, 6) is 1.03. The number of nitrogen functional groups attached to an aromatic ring is 1. The first-order chi connectivity index (χ1) is 6.29. The van der Waals surface area contributed by atoms with Crippen LogP contribution in [-0.2, 0) is 4.74 Å². The molecule has 2 heterocycles. The van der Waals surface area contributed by atoms with Crippen LogP contribution < -0.4 is 5.73 Å². The number of nitrogens with two attached hydrogens (primary N) is 1. The van der Waals surface area contributed by atoms with Crippen LogP contribution in [-0.4, -0.2) is 18.4 Å². The monoisotopic (exact) mass is 202 g/mol. The van der Waals surface area contributed by atoms with E-state index in [4.69, 9.17) is 26.6 Å². The molecule has 4 nitrogen and oxygen atoms in total. The van der Waals surface area contributed by atoms with Crippen LogP contribution >= 0.6 is 11.6 Å². The van der Waals surface area contributed by atoms with Crippen LogP contribution in [0.2, 0.25) is 5.15 Å². The van der Waals surface area contributed by atoms with Gasteiger partial charge in [0.2, 0.25) is 0 Å². The summed E-state index contributed by atoms with van der Waals surface area (Å²) in [5, 5.41) is 3.88. The first-order valence-corrected chi connectivity index (χ1v) is 4.65. The maximum absolute atomic E-state index is 5.70. The van der Waals surface area contributed by atoms with Gasteiger partial charge in [0.05, 0.1) is 0 Å². The number of hydrogen-bond acceptors (Lipinski definition) is 4. The van der Waals surface area contributed by atoms with Gasteiger partial charge < -0.3 is 15.0 Å². The SMILES string of the molecule is Nc1c(Cl)noc1C1CCOCC1. The van der Waals surface area contributed by atoms with Gasteiger partial charge >= 0.3 is 0 Å². The van der Waals surface area contributed by atoms with E-state index in [1.54, 1.807) is 0 Å². The fourth-order valence-electron chi connectivity index (χ4n) is 1.54. The molecule has 1 fully saturated rings. The molecule has 0 spiro atoms. The van der Waals surface area contributed by atoms with Crippen LogP contribution in [0, 0.1) is 0 Å². The van der Waals surface area contributed by atoms with Crippen LogP contribution in [0.1, 0.15) is 24.5 Å². The van der Waals surface area contributed by atoms with E-state index in [9.17, 15) is 0 Å².